The predicted octanol–water partition coefficient (Wildman–Crippen LogP) is 4.97. The summed E-state index contributed by atoms with van der Waals surface area (Å²) in [6.45, 7) is 0. The van der Waals surface area contributed by atoms with Crippen LogP contribution in [0, 0.1) is 0 Å². The summed E-state index contributed by atoms with van der Waals surface area (Å²) >= 11 is 3.70. The fourth-order valence-corrected chi connectivity index (χ4v) is 6.22. The maximum absolute atomic E-state index is 6.33. The zero-order valence-corrected chi connectivity index (χ0v) is 14.6. The second kappa shape index (κ2) is 6.36. The van der Waals surface area contributed by atoms with E-state index in [0.29, 0.717) is 11.1 Å². The number of nitrogens with two attached hydrogens (primary N) is 1. The van der Waals surface area contributed by atoms with Gasteiger partial charge in [0.25, 0.3) is 0 Å². The number of hydrogen-bond donors (Lipinski definition) is 1. The molecule has 1 fully saturated rings. The smallest absolute Gasteiger partial charge is 0.191 e. The van der Waals surface area contributed by atoms with E-state index in [1.807, 2.05) is 23.1 Å². The molecule has 0 spiro atoms. The molecule has 0 bridgehead atoms. The molecule has 0 aliphatic heterocycles. The van der Waals surface area contributed by atoms with Gasteiger partial charge in [-0.15, -0.1) is 11.3 Å². The molecule has 0 atom stereocenters. The van der Waals surface area contributed by atoms with Gasteiger partial charge in [-0.05, 0) is 44.1 Å². The fourth-order valence-electron chi connectivity index (χ4n) is 3.73. The lowest BCUT2D eigenvalue weighted by atomic mass is 9.98. The molecule has 0 aromatic carbocycles. The van der Waals surface area contributed by atoms with Crippen molar-refractivity contribution in [2.24, 2.45) is 0 Å². The summed E-state index contributed by atoms with van der Waals surface area (Å²) in [6, 6.07) is 0. The standard InChI is InChI=1S/C17H23N3S2/c18-15-14-12-9-3-1-2-4-10-13(12)22-16(14)20-17(19-15)21-11-7-5-6-8-11/h11H,1-10H2,(H2,18,19,20). The van der Waals surface area contributed by atoms with Crippen LogP contribution in [0.1, 0.15) is 61.8 Å². The number of thioether (sulfide) groups is 1. The molecular formula is C17H23N3S2. The first kappa shape index (κ1) is 14.8. The second-order valence-electron chi connectivity index (χ2n) is 6.51. The van der Waals surface area contributed by atoms with Crippen LogP contribution < -0.4 is 5.73 Å². The van der Waals surface area contributed by atoms with Gasteiger partial charge in [0.2, 0.25) is 0 Å². The molecule has 0 saturated heterocycles. The minimum atomic E-state index is 0.692. The molecule has 2 aliphatic carbocycles. The summed E-state index contributed by atoms with van der Waals surface area (Å²) in [4.78, 5) is 12.1. The third-order valence-electron chi connectivity index (χ3n) is 4.90. The summed E-state index contributed by atoms with van der Waals surface area (Å²) in [6.07, 6.45) is 12.9. The van der Waals surface area contributed by atoms with Crippen molar-refractivity contribution in [3.63, 3.8) is 0 Å². The SMILES string of the molecule is Nc1nc(SC2CCCC2)nc2sc3c(c12)CCCCCC3. The quantitative estimate of drug-likeness (QED) is 0.789. The number of nitrogens with zero attached hydrogens (tertiary/aromatic N) is 2. The Balaban J connectivity index is 1.71. The highest BCUT2D eigenvalue weighted by atomic mass is 32.2. The van der Waals surface area contributed by atoms with Crippen LogP contribution in [0.5, 0.6) is 0 Å². The van der Waals surface area contributed by atoms with Crippen molar-refractivity contribution >= 4 is 39.1 Å². The van der Waals surface area contributed by atoms with E-state index in [1.54, 1.807) is 0 Å². The molecule has 2 aromatic rings. The molecule has 0 unspecified atom stereocenters. The van der Waals surface area contributed by atoms with Crippen LogP contribution >= 0.6 is 23.1 Å². The third kappa shape index (κ3) is 2.85. The molecule has 4 rings (SSSR count). The van der Waals surface area contributed by atoms with Gasteiger partial charge in [-0.2, -0.15) is 0 Å². The number of aryl methyl sites for hydroxylation is 2. The van der Waals surface area contributed by atoms with E-state index in [2.05, 4.69) is 4.98 Å². The van der Waals surface area contributed by atoms with Gasteiger partial charge < -0.3 is 5.73 Å². The lowest BCUT2D eigenvalue weighted by molar-refractivity contribution is 0.624. The highest BCUT2D eigenvalue weighted by molar-refractivity contribution is 7.99. The second-order valence-corrected chi connectivity index (χ2v) is 8.87. The largest absolute Gasteiger partial charge is 0.383 e. The first-order valence-corrected chi connectivity index (χ1v) is 10.3. The van der Waals surface area contributed by atoms with E-state index < -0.39 is 0 Å². The summed E-state index contributed by atoms with van der Waals surface area (Å²) in [5.74, 6) is 0.712. The summed E-state index contributed by atoms with van der Waals surface area (Å²) in [5.41, 5.74) is 7.79. The van der Waals surface area contributed by atoms with Crippen molar-refractivity contribution in [3.05, 3.63) is 10.4 Å². The molecule has 22 heavy (non-hydrogen) atoms. The molecule has 5 heteroatoms. The molecule has 1 saturated carbocycles. The topological polar surface area (TPSA) is 51.8 Å². The maximum Gasteiger partial charge on any atom is 0.191 e. The number of rotatable bonds is 2. The molecular weight excluding hydrogens is 310 g/mol. The summed E-state index contributed by atoms with van der Waals surface area (Å²) in [7, 11) is 0. The van der Waals surface area contributed by atoms with Gasteiger partial charge in [0, 0.05) is 10.1 Å². The van der Waals surface area contributed by atoms with Crippen molar-refractivity contribution in [3.8, 4) is 0 Å². The van der Waals surface area contributed by atoms with Crippen molar-refractivity contribution in [2.45, 2.75) is 74.6 Å². The van der Waals surface area contributed by atoms with E-state index in [-0.39, 0.29) is 0 Å². The first-order valence-electron chi connectivity index (χ1n) is 8.55. The van der Waals surface area contributed by atoms with Gasteiger partial charge in [-0.25, -0.2) is 9.97 Å². The minimum Gasteiger partial charge on any atom is -0.383 e. The highest BCUT2D eigenvalue weighted by Gasteiger charge is 2.21. The lowest BCUT2D eigenvalue weighted by Crippen LogP contribution is -2.01. The average Bonchev–Trinajstić information content (AvgIpc) is 3.07. The van der Waals surface area contributed by atoms with Crippen molar-refractivity contribution in [2.75, 3.05) is 5.73 Å². The van der Waals surface area contributed by atoms with E-state index in [9.17, 15) is 0 Å². The monoisotopic (exact) mass is 333 g/mol. The molecule has 2 aliphatic rings. The molecule has 2 aromatic heterocycles. The molecule has 2 N–H and O–H groups in total. The molecule has 118 valence electrons. The Kier molecular flexibility index (Phi) is 4.27. The molecule has 0 radical (unpaired) electrons. The molecule has 0 amide bonds. The summed E-state index contributed by atoms with van der Waals surface area (Å²) < 4.78 is 0. The Labute approximate surface area is 140 Å². The Morgan fingerprint density at radius 1 is 0.955 bits per heavy atom. The lowest BCUT2D eigenvalue weighted by Gasteiger charge is -2.10. The third-order valence-corrected chi connectivity index (χ3v) is 7.28. The Bertz CT molecular complexity index is 674. The number of nitrogen functional groups attached to an aromatic ring is 1. The van der Waals surface area contributed by atoms with Crippen LogP contribution in [0.25, 0.3) is 10.2 Å². The van der Waals surface area contributed by atoms with Crippen LogP contribution in [-0.4, -0.2) is 15.2 Å². The number of fused-ring (bicyclic) bond motifs is 3. The number of hydrogen-bond acceptors (Lipinski definition) is 5. The zero-order valence-electron chi connectivity index (χ0n) is 12.9. The van der Waals surface area contributed by atoms with Crippen molar-refractivity contribution in [1.29, 1.82) is 0 Å². The fraction of sp³-hybridized carbons (Fsp3) is 0.647. The first-order chi connectivity index (χ1) is 10.8. The molecule has 3 nitrogen and oxygen atoms in total. The van der Waals surface area contributed by atoms with Crippen molar-refractivity contribution < 1.29 is 0 Å². The van der Waals surface area contributed by atoms with Gasteiger partial charge >= 0.3 is 0 Å². The Morgan fingerprint density at radius 3 is 2.55 bits per heavy atom. The van der Waals surface area contributed by atoms with E-state index in [0.717, 1.165) is 21.8 Å². The van der Waals surface area contributed by atoms with Gasteiger partial charge in [0.1, 0.15) is 10.6 Å². The van der Waals surface area contributed by atoms with E-state index in [4.69, 9.17) is 10.7 Å². The highest BCUT2D eigenvalue weighted by Crippen LogP contribution is 2.39. The predicted molar refractivity (Wildman–Crippen MR) is 95.8 cm³/mol. The summed E-state index contributed by atoms with van der Waals surface area (Å²) in [5, 5.41) is 2.75. The van der Waals surface area contributed by atoms with Crippen LogP contribution in [-0.2, 0) is 12.8 Å². The van der Waals surface area contributed by atoms with Crippen LogP contribution in [0.3, 0.4) is 0 Å². The number of anilines is 1. The number of aromatic nitrogens is 2. The van der Waals surface area contributed by atoms with Crippen LogP contribution in [0.15, 0.2) is 5.16 Å². The van der Waals surface area contributed by atoms with Gasteiger partial charge in [0.15, 0.2) is 5.16 Å². The Morgan fingerprint density at radius 2 is 1.73 bits per heavy atom. The van der Waals surface area contributed by atoms with Crippen molar-refractivity contribution in [1.82, 2.24) is 9.97 Å². The minimum absolute atomic E-state index is 0.692. The normalized spacial score (nSPS) is 20.0. The van der Waals surface area contributed by atoms with Crippen LogP contribution in [0.4, 0.5) is 5.82 Å². The van der Waals surface area contributed by atoms with E-state index >= 15 is 0 Å². The van der Waals surface area contributed by atoms with Crippen LogP contribution in [0.2, 0.25) is 0 Å². The zero-order chi connectivity index (χ0) is 14.9. The van der Waals surface area contributed by atoms with Gasteiger partial charge in [0.05, 0.1) is 5.39 Å². The molecule has 2 heterocycles. The average molecular weight is 334 g/mol. The Hall–Kier alpha value is -0.810. The maximum atomic E-state index is 6.33. The van der Waals surface area contributed by atoms with E-state index in [1.165, 1.54) is 68.2 Å². The van der Waals surface area contributed by atoms with Gasteiger partial charge in [-0.3, -0.25) is 0 Å². The number of thiophene rings is 1. The van der Waals surface area contributed by atoms with Gasteiger partial charge in [-0.1, -0.05) is 37.4 Å².